The second-order valence-corrected chi connectivity index (χ2v) is 7.86. The Labute approximate surface area is 169 Å². The van der Waals surface area contributed by atoms with Gasteiger partial charge in [-0.15, -0.1) is 18.2 Å². The maximum atomic E-state index is 13.0. The number of hydrogen-bond acceptors (Lipinski definition) is 6. The standard InChI is InChI=1S/C18H23F3N2O5S/c1-4-5-27-13-6-15(28-14(13)8-26-10-29-9-11(2)3)23-7-12(18(19,20)21)16(24)22-17(23)25/h1,7,11,13-15H,5-6,8-10H2,2-3H3,(H,22,24,25)/t13-,14+,15+/m0/s1. The first-order chi connectivity index (χ1) is 13.6. The molecule has 0 aromatic carbocycles. The zero-order valence-electron chi connectivity index (χ0n) is 16.0. The molecule has 1 aromatic heterocycles. The van der Waals surface area contributed by atoms with E-state index in [1.807, 2.05) is 0 Å². The fourth-order valence-electron chi connectivity index (χ4n) is 2.76. The predicted octanol–water partition coefficient (Wildman–Crippen LogP) is 2.22. The van der Waals surface area contributed by atoms with Crippen molar-refractivity contribution < 1.29 is 27.4 Å². The third-order valence-electron chi connectivity index (χ3n) is 4.04. The first-order valence-electron chi connectivity index (χ1n) is 8.92. The van der Waals surface area contributed by atoms with Gasteiger partial charge in [0.2, 0.25) is 0 Å². The SMILES string of the molecule is C#CCO[C@H]1C[C@H](n2cc(C(F)(F)F)c(=O)[nH]c2=O)O[C@@H]1COCSCC(C)C. The van der Waals surface area contributed by atoms with Gasteiger partial charge in [0.25, 0.3) is 5.56 Å². The number of alkyl halides is 3. The molecule has 11 heteroatoms. The molecule has 0 unspecified atom stereocenters. The van der Waals surface area contributed by atoms with E-state index < -0.39 is 41.4 Å². The zero-order chi connectivity index (χ0) is 21.6. The highest BCUT2D eigenvalue weighted by atomic mass is 32.2. The number of ether oxygens (including phenoxy) is 3. The monoisotopic (exact) mass is 436 g/mol. The topological polar surface area (TPSA) is 82.6 Å². The van der Waals surface area contributed by atoms with Crippen molar-refractivity contribution >= 4 is 11.8 Å². The fraction of sp³-hybridized carbons (Fsp3) is 0.667. The van der Waals surface area contributed by atoms with Crippen molar-refractivity contribution in [2.75, 3.05) is 24.9 Å². The second kappa shape index (κ2) is 10.3. The molecule has 2 heterocycles. The van der Waals surface area contributed by atoms with Gasteiger partial charge in [0, 0.05) is 12.6 Å². The number of thioether (sulfide) groups is 1. The average Bonchev–Trinajstić information content (AvgIpc) is 3.01. The molecule has 162 valence electrons. The van der Waals surface area contributed by atoms with Crippen LogP contribution < -0.4 is 11.2 Å². The number of nitrogens with one attached hydrogen (secondary N) is 1. The molecule has 7 nitrogen and oxygen atoms in total. The van der Waals surface area contributed by atoms with E-state index in [1.54, 1.807) is 16.7 Å². The molecule has 3 atom stereocenters. The fourth-order valence-corrected chi connectivity index (χ4v) is 3.54. The van der Waals surface area contributed by atoms with Crippen molar-refractivity contribution in [2.24, 2.45) is 5.92 Å². The van der Waals surface area contributed by atoms with Gasteiger partial charge in [-0.25, -0.2) is 4.79 Å². The molecular formula is C18H23F3N2O5S. The maximum Gasteiger partial charge on any atom is 0.423 e. The Hall–Kier alpha value is -1.74. The number of halogens is 3. The van der Waals surface area contributed by atoms with Gasteiger partial charge in [-0.1, -0.05) is 19.8 Å². The Morgan fingerprint density at radius 2 is 2.17 bits per heavy atom. The lowest BCUT2D eigenvalue weighted by Gasteiger charge is -2.18. The number of H-pyrrole nitrogens is 1. The van der Waals surface area contributed by atoms with E-state index in [2.05, 4.69) is 19.8 Å². The van der Waals surface area contributed by atoms with Crippen LogP contribution in [0.1, 0.15) is 32.1 Å². The van der Waals surface area contributed by atoms with Gasteiger partial charge in [-0.3, -0.25) is 14.3 Å². The predicted molar refractivity (Wildman–Crippen MR) is 102 cm³/mol. The summed E-state index contributed by atoms with van der Waals surface area (Å²) in [6, 6.07) is 0. The number of aromatic nitrogens is 2. The maximum absolute atomic E-state index is 13.0. The molecule has 1 saturated heterocycles. The van der Waals surface area contributed by atoms with Crippen molar-refractivity contribution in [1.29, 1.82) is 0 Å². The van der Waals surface area contributed by atoms with Crippen LogP contribution in [0.4, 0.5) is 13.2 Å². The highest BCUT2D eigenvalue weighted by molar-refractivity contribution is 7.99. The van der Waals surface area contributed by atoms with Crippen LogP contribution in [0.25, 0.3) is 0 Å². The summed E-state index contributed by atoms with van der Waals surface area (Å²) in [5, 5.41) is 0. The minimum atomic E-state index is -4.91. The lowest BCUT2D eigenvalue weighted by Crippen LogP contribution is -2.36. The third kappa shape index (κ3) is 6.64. The normalized spacial score (nSPS) is 22.2. The van der Waals surface area contributed by atoms with E-state index >= 15 is 0 Å². The minimum absolute atomic E-state index is 0.0202. The van der Waals surface area contributed by atoms with Crippen LogP contribution >= 0.6 is 11.8 Å². The quantitative estimate of drug-likeness (QED) is 0.363. The molecule has 1 aromatic rings. The molecule has 0 amide bonds. The molecule has 29 heavy (non-hydrogen) atoms. The van der Waals surface area contributed by atoms with Crippen LogP contribution in [0.15, 0.2) is 15.8 Å². The van der Waals surface area contributed by atoms with Crippen molar-refractivity contribution in [2.45, 2.75) is 44.9 Å². The van der Waals surface area contributed by atoms with Gasteiger partial charge in [-0.2, -0.15) is 13.2 Å². The van der Waals surface area contributed by atoms with Gasteiger partial charge >= 0.3 is 11.9 Å². The molecular weight excluding hydrogens is 413 g/mol. The number of nitrogens with zero attached hydrogens (tertiary/aromatic N) is 1. The first kappa shape index (κ1) is 23.5. The van der Waals surface area contributed by atoms with Gasteiger partial charge in [0.1, 0.15) is 24.5 Å². The van der Waals surface area contributed by atoms with E-state index in [0.29, 0.717) is 22.6 Å². The average molecular weight is 436 g/mol. The second-order valence-electron chi connectivity index (χ2n) is 6.88. The lowest BCUT2D eigenvalue weighted by atomic mass is 10.2. The number of terminal acetylenes is 1. The van der Waals surface area contributed by atoms with Crippen LogP contribution in [0.5, 0.6) is 0 Å². The Kier molecular flexibility index (Phi) is 8.39. The Bertz CT molecular complexity index is 831. The molecule has 1 N–H and O–H groups in total. The number of aromatic amines is 1. The zero-order valence-corrected chi connectivity index (χ0v) is 16.8. The smallest absolute Gasteiger partial charge is 0.368 e. The van der Waals surface area contributed by atoms with Crippen molar-refractivity contribution in [3.05, 3.63) is 32.6 Å². The number of rotatable bonds is 9. The van der Waals surface area contributed by atoms with E-state index in [9.17, 15) is 22.8 Å². The summed E-state index contributed by atoms with van der Waals surface area (Å²) in [5.41, 5.74) is -3.98. The molecule has 1 aliphatic heterocycles. The third-order valence-corrected chi connectivity index (χ3v) is 5.28. The van der Waals surface area contributed by atoms with Crippen molar-refractivity contribution in [1.82, 2.24) is 9.55 Å². The lowest BCUT2D eigenvalue weighted by molar-refractivity contribution is -0.139. The van der Waals surface area contributed by atoms with Gasteiger partial charge in [-0.05, 0) is 11.7 Å². The van der Waals surface area contributed by atoms with E-state index in [1.165, 1.54) is 0 Å². The van der Waals surface area contributed by atoms with Gasteiger partial charge in [0.05, 0.1) is 18.6 Å². The molecule has 1 fully saturated rings. The highest BCUT2D eigenvalue weighted by Crippen LogP contribution is 2.32. The molecule has 0 radical (unpaired) electrons. The Balaban J connectivity index is 2.13. The summed E-state index contributed by atoms with van der Waals surface area (Å²) in [7, 11) is 0. The Morgan fingerprint density at radius 1 is 1.45 bits per heavy atom. The summed E-state index contributed by atoms with van der Waals surface area (Å²) >= 11 is 1.60. The largest absolute Gasteiger partial charge is 0.423 e. The number of hydrogen-bond donors (Lipinski definition) is 1. The highest BCUT2D eigenvalue weighted by Gasteiger charge is 2.40. The van der Waals surface area contributed by atoms with Gasteiger partial charge in [0.15, 0.2) is 0 Å². The van der Waals surface area contributed by atoms with Crippen LogP contribution in [-0.4, -0.2) is 46.7 Å². The molecule has 0 aliphatic carbocycles. The summed E-state index contributed by atoms with van der Waals surface area (Å²) in [6.45, 7) is 4.27. The first-order valence-corrected chi connectivity index (χ1v) is 10.1. The van der Waals surface area contributed by atoms with E-state index in [0.717, 1.165) is 5.75 Å². The van der Waals surface area contributed by atoms with E-state index in [4.69, 9.17) is 20.6 Å². The molecule has 0 bridgehead atoms. The van der Waals surface area contributed by atoms with Crippen LogP contribution in [0, 0.1) is 18.3 Å². The molecule has 2 rings (SSSR count). The molecule has 0 saturated carbocycles. The van der Waals surface area contributed by atoms with E-state index in [-0.39, 0.29) is 19.6 Å². The summed E-state index contributed by atoms with van der Waals surface area (Å²) < 4.78 is 56.6. The van der Waals surface area contributed by atoms with Crippen LogP contribution in [0.2, 0.25) is 0 Å². The van der Waals surface area contributed by atoms with Gasteiger partial charge < -0.3 is 14.2 Å². The van der Waals surface area contributed by atoms with Crippen molar-refractivity contribution in [3.8, 4) is 12.3 Å². The van der Waals surface area contributed by atoms with Crippen LogP contribution in [-0.2, 0) is 20.4 Å². The summed E-state index contributed by atoms with van der Waals surface area (Å²) in [6.07, 6.45) is -1.41. The molecule has 1 aliphatic rings. The Morgan fingerprint density at radius 3 is 2.79 bits per heavy atom. The van der Waals surface area contributed by atoms with Crippen molar-refractivity contribution in [3.63, 3.8) is 0 Å². The molecule has 0 spiro atoms. The summed E-state index contributed by atoms with van der Waals surface area (Å²) in [4.78, 5) is 25.2. The van der Waals surface area contributed by atoms with Crippen LogP contribution in [0.3, 0.4) is 0 Å². The summed E-state index contributed by atoms with van der Waals surface area (Å²) in [5.74, 6) is 4.16. The minimum Gasteiger partial charge on any atom is -0.368 e.